The van der Waals surface area contributed by atoms with Gasteiger partial charge in [0.15, 0.2) is 0 Å². The Morgan fingerprint density at radius 1 is 1.35 bits per heavy atom. The Kier molecular flexibility index (Phi) is 4.37. The number of hydrogen-bond donors (Lipinski definition) is 2. The van der Waals surface area contributed by atoms with E-state index in [-0.39, 0.29) is 18.0 Å². The predicted octanol–water partition coefficient (Wildman–Crippen LogP) is 1.10. The van der Waals surface area contributed by atoms with Crippen molar-refractivity contribution in [2.75, 3.05) is 20.3 Å². The fourth-order valence-corrected chi connectivity index (χ4v) is 1.96. The van der Waals surface area contributed by atoms with Crippen LogP contribution < -0.4 is 5.32 Å². The normalized spacial score (nSPS) is 10.7. The molecule has 1 amide bonds. The summed E-state index contributed by atoms with van der Waals surface area (Å²) in [5.41, 5.74) is 0.934. The first kappa shape index (κ1) is 14.1. The van der Waals surface area contributed by atoms with E-state index in [2.05, 4.69) is 5.32 Å². The lowest BCUT2D eigenvalue weighted by atomic mass is 10.1. The molecule has 1 aromatic carbocycles. The van der Waals surface area contributed by atoms with Crippen molar-refractivity contribution in [2.24, 2.45) is 0 Å². The maximum absolute atomic E-state index is 11.7. The maximum atomic E-state index is 11.7. The highest BCUT2D eigenvalue weighted by Gasteiger charge is 2.09. The van der Waals surface area contributed by atoms with Crippen LogP contribution in [0.5, 0.6) is 0 Å². The van der Waals surface area contributed by atoms with Gasteiger partial charge in [-0.05, 0) is 23.6 Å². The van der Waals surface area contributed by atoms with Gasteiger partial charge in [0.25, 0.3) is 0 Å². The van der Waals surface area contributed by atoms with Crippen LogP contribution in [-0.4, -0.2) is 41.8 Å². The lowest BCUT2D eigenvalue weighted by Crippen LogP contribution is -2.30. The standard InChI is InChI=1S/C14H16N2O4/c1-20-7-5-15-13(17)9-16-6-4-10-2-3-11(14(18)19)8-12(10)16/h2-4,6,8H,5,7,9H2,1H3,(H,15,17)(H,18,19). The smallest absolute Gasteiger partial charge is 0.335 e. The fraction of sp³-hybridized carbons (Fsp3) is 0.286. The Bertz CT molecular complexity index is 633. The van der Waals surface area contributed by atoms with Crippen molar-refractivity contribution < 1.29 is 19.4 Å². The highest BCUT2D eigenvalue weighted by Crippen LogP contribution is 2.17. The van der Waals surface area contributed by atoms with Gasteiger partial charge in [-0.2, -0.15) is 0 Å². The van der Waals surface area contributed by atoms with Crippen molar-refractivity contribution >= 4 is 22.8 Å². The van der Waals surface area contributed by atoms with Crippen LogP contribution in [0.2, 0.25) is 0 Å². The summed E-state index contributed by atoms with van der Waals surface area (Å²) in [6, 6.07) is 6.70. The lowest BCUT2D eigenvalue weighted by molar-refractivity contribution is -0.121. The number of aromatic nitrogens is 1. The quantitative estimate of drug-likeness (QED) is 0.774. The van der Waals surface area contributed by atoms with Crippen LogP contribution in [0.25, 0.3) is 10.9 Å². The van der Waals surface area contributed by atoms with Crippen LogP contribution in [0.1, 0.15) is 10.4 Å². The van der Waals surface area contributed by atoms with Crippen LogP contribution in [0, 0.1) is 0 Å². The second-order valence-corrected chi connectivity index (χ2v) is 4.37. The summed E-state index contributed by atoms with van der Waals surface area (Å²) in [4.78, 5) is 22.7. The summed E-state index contributed by atoms with van der Waals surface area (Å²) < 4.78 is 6.58. The SMILES string of the molecule is COCCNC(=O)Cn1ccc2ccc(C(=O)O)cc21. The maximum Gasteiger partial charge on any atom is 0.335 e. The molecule has 0 aliphatic carbocycles. The predicted molar refractivity (Wildman–Crippen MR) is 73.8 cm³/mol. The van der Waals surface area contributed by atoms with E-state index in [0.29, 0.717) is 13.2 Å². The lowest BCUT2D eigenvalue weighted by Gasteiger charge is -2.07. The van der Waals surface area contributed by atoms with E-state index >= 15 is 0 Å². The highest BCUT2D eigenvalue weighted by molar-refractivity contribution is 5.93. The van der Waals surface area contributed by atoms with Gasteiger partial charge in [-0.1, -0.05) is 6.07 Å². The number of carboxylic acids is 1. The van der Waals surface area contributed by atoms with Crippen molar-refractivity contribution in [3.63, 3.8) is 0 Å². The third-order valence-corrected chi connectivity index (χ3v) is 2.96. The van der Waals surface area contributed by atoms with Gasteiger partial charge in [0, 0.05) is 25.4 Å². The molecule has 0 saturated heterocycles. The molecule has 106 valence electrons. The second kappa shape index (κ2) is 6.21. The first-order valence-electron chi connectivity index (χ1n) is 6.19. The Hall–Kier alpha value is -2.34. The van der Waals surface area contributed by atoms with Gasteiger partial charge < -0.3 is 19.7 Å². The number of ether oxygens (including phenoxy) is 1. The zero-order chi connectivity index (χ0) is 14.5. The molecule has 0 bridgehead atoms. The van der Waals surface area contributed by atoms with Gasteiger partial charge in [-0.25, -0.2) is 4.79 Å². The number of carbonyl (C=O) groups is 2. The minimum atomic E-state index is -0.982. The van der Waals surface area contributed by atoms with Crippen molar-refractivity contribution in [2.45, 2.75) is 6.54 Å². The number of hydrogen-bond acceptors (Lipinski definition) is 3. The number of rotatable bonds is 6. The minimum Gasteiger partial charge on any atom is -0.478 e. The molecule has 6 heteroatoms. The first-order valence-corrected chi connectivity index (χ1v) is 6.19. The third kappa shape index (κ3) is 3.16. The molecule has 2 rings (SSSR count). The Morgan fingerprint density at radius 3 is 2.85 bits per heavy atom. The van der Waals surface area contributed by atoms with Crippen LogP contribution in [0.3, 0.4) is 0 Å². The Labute approximate surface area is 116 Å². The molecular formula is C14H16N2O4. The molecule has 2 N–H and O–H groups in total. The number of fused-ring (bicyclic) bond motifs is 1. The Balaban J connectivity index is 2.15. The molecule has 6 nitrogen and oxygen atoms in total. The number of carboxylic acid groups (broad SMARTS) is 1. The molecular weight excluding hydrogens is 260 g/mol. The number of nitrogens with zero attached hydrogens (tertiary/aromatic N) is 1. The molecule has 0 atom stereocenters. The summed E-state index contributed by atoms with van der Waals surface area (Å²) in [5.74, 6) is -1.12. The average Bonchev–Trinajstić information content (AvgIpc) is 2.81. The summed E-state index contributed by atoms with van der Waals surface area (Å²) in [6.07, 6.45) is 1.77. The number of aromatic carboxylic acids is 1. The molecule has 0 spiro atoms. The second-order valence-electron chi connectivity index (χ2n) is 4.37. The number of benzene rings is 1. The van der Waals surface area contributed by atoms with Gasteiger partial charge in [-0.3, -0.25) is 4.79 Å². The van der Waals surface area contributed by atoms with E-state index in [1.165, 1.54) is 0 Å². The van der Waals surface area contributed by atoms with Gasteiger partial charge >= 0.3 is 5.97 Å². The molecule has 2 aromatic rings. The molecule has 20 heavy (non-hydrogen) atoms. The fourth-order valence-electron chi connectivity index (χ4n) is 1.96. The Morgan fingerprint density at radius 2 is 2.15 bits per heavy atom. The molecule has 0 fully saturated rings. The number of nitrogens with one attached hydrogen (secondary N) is 1. The molecule has 0 saturated carbocycles. The molecule has 0 aliphatic rings. The topological polar surface area (TPSA) is 80.6 Å². The van der Waals surface area contributed by atoms with Crippen LogP contribution in [-0.2, 0) is 16.1 Å². The van der Waals surface area contributed by atoms with E-state index in [9.17, 15) is 9.59 Å². The highest BCUT2D eigenvalue weighted by atomic mass is 16.5. The number of methoxy groups -OCH3 is 1. The van der Waals surface area contributed by atoms with Crippen LogP contribution in [0.15, 0.2) is 30.5 Å². The van der Waals surface area contributed by atoms with Gasteiger partial charge in [0.1, 0.15) is 6.54 Å². The molecule has 1 aromatic heterocycles. The molecule has 1 heterocycles. The third-order valence-electron chi connectivity index (χ3n) is 2.96. The van der Waals surface area contributed by atoms with E-state index in [1.54, 1.807) is 36.1 Å². The minimum absolute atomic E-state index is 0.139. The van der Waals surface area contributed by atoms with Crippen molar-refractivity contribution in [1.82, 2.24) is 9.88 Å². The summed E-state index contributed by atoms with van der Waals surface area (Å²) in [7, 11) is 1.57. The van der Waals surface area contributed by atoms with E-state index in [0.717, 1.165) is 10.9 Å². The van der Waals surface area contributed by atoms with Gasteiger partial charge in [0.2, 0.25) is 5.91 Å². The van der Waals surface area contributed by atoms with Crippen molar-refractivity contribution in [3.05, 3.63) is 36.0 Å². The molecule has 0 radical (unpaired) electrons. The van der Waals surface area contributed by atoms with E-state index < -0.39 is 5.97 Å². The van der Waals surface area contributed by atoms with Crippen molar-refractivity contribution in [3.8, 4) is 0 Å². The molecule has 0 aliphatic heterocycles. The average molecular weight is 276 g/mol. The van der Waals surface area contributed by atoms with Gasteiger partial charge in [-0.15, -0.1) is 0 Å². The largest absolute Gasteiger partial charge is 0.478 e. The monoisotopic (exact) mass is 276 g/mol. The zero-order valence-corrected chi connectivity index (χ0v) is 11.1. The van der Waals surface area contributed by atoms with Crippen molar-refractivity contribution in [1.29, 1.82) is 0 Å². The number of carbonyl (C=O) groups excluding carboxylic acids is 1. The van der Waals surface area contributed by atoms with Crippen LogP contribution >= 0.6 is 0 Å². The van der Waals surface area contributed by atoms with E-state index in [1.807, 2.05) is 6.07 Å². The summed E-state index contributed by atoms with van der Waals surface area (Å²) >= 11 is 0. The summed E-state index contributed by atoms with van der Waals surface area (Å²) in [6.45, 7) is 1.06. The zero-order valence-electron chi connectivity index (χ0n) is 11.1. The van der Waals surface area contributed by atoms with E-state index in [4.69, 9.17) is 9.84 Å². The van der Waals surface area contributed by atoms with Crippen LogP contribution in [0.4, 0.5) is 0 Å². The first-order chi connectivity index (χ1) is 9.61. The summed E-state index contributed by atoms with van der Waals surface area (Å²) in [5, 5.41) is 12.6. The molecule has 0 unspecified atom stereocenters. The number of amides is 1. The van der Waals surface area contributed by atoms with Gasteiger partial charge in [0.05, 0.1) is 12.2 Å².